The van der Waals surface area contributed by atoms with E-state index in [-0.39, 0.29) is 11.2 Å². The smallest absolute Gasteiger partial charge is 0.334 e. The van der Waals surface area contributed by atoms with Crippen LogP contribution in [0.5, 0.6) is 0 Å². The molecule has 0 saturated heterocycles. The lowest BCUT2D eigenvalue weighted by molar-refractivity contribution is -0.133. The first kappa shape index (κ1) is 15.8. The molecule has 1 aliphatic rings. The third kappa shape index (κ3) is 3.21. The molecule has 2 rings (SSSR count). The maximum absolute atomic E-state index is 11.7. The van der Waals surface area contributed by atoms with Gasteiger partial charge in [0.25, 0.3) is 0 Å². The molecule has 0 bridgehead atoms. The van der Waals surface area contributed by atoms with Crippen LogP contribution < -0.4 is 0 Å². The van der Waals surface area contributed by atoms with Crippen molar-refractivity contribution in [2.24, 2.45) is 4.99 Å². The Bertz CT molecular complexity index is 602. The number of aryl methyl sites for hydroxylation is 1. The van der Waals surface area contributed by atoms with E-state index in [1.54, 1.807) is 18.7 Å². The van der Waals surface area contributed by atoms with Gasteiger partial charge in [-0.05, 0) is 32.1 Å². The summed E-state index contributed by atoms with van der Waals surface area (Å²) in [6.07, 6.45) is 0. The number of carboxylic acids is 1. The number of carboxylic acid groups (broad SMARTS) is 1. The summed E-state index contributed by atoms with van der Waals surface area (Å²) >= 11 is 1.76. The van der Waals surface area contributed by atoms with Gasteiger partial charge >= 0.3 is 5.97 Å². The topological polar surface area (TPSA) is 49.7 Å². The number of aliphatic carboxylic acids is 1. The van der Waals surface area contributed by atoms with Crippen LogP contribution in [-0.2, 0) is 4.79 Å². The molecule has 0 amide bonds. The summed E-state index contributed by atoms with van der Waals surface area (Å²) in [5, 5.41) is 9.72. The minimum atomic E-state index is -0.865. The summed E-state index contributed by atoms with van der Waals surface area (Å²) in [7, 11) is 0. The van der Waals surface area contributed by atoms with Crippen LogP contribution in [0.3, 0.4) is 0 Å². The Balaban J connectivity index is 2.56. The summed E-state index contributed by atoms with van der Waals surface area (Å²) in [4.78, 5) is 16.2. The van der Waals surface area contributed by atoms with E-state index in [0.29, 0.717) is 11.3 Å². The van der Waals surface area contributed by atoms with Gasteiger partial charge in [-0.1, -0.05) is 36.8 Å². The predicted octanol–water partition coefficient (Wildman–Crippen LogP) is 4.03. The zero-order chi connectivity index (χ0) is 15.6. The Hall–Kier alpha value is -1.55. The molecular weight excluding hydrogens is 282 g/mol. The number of thioether (sulfide) groups is 1. The standard InChI is InChI=1S/C17H21NO2S/c1-5-21-16-12(4)18-11(3)14(17(19)20)15(16)13-8-6-10(2)7-9-13/h6-9,15-16H,5H2,1-4H3,(H,19,20). The second-order valence-electron chi connectivity index (χ2n) is 5.32. The van der Waals surface area contributed by atoms with Gasteiger partial charge < -0.3 is 5.11 Å². The van der Waals surface area contributed by atoms with E-state index in [2.05, 4.69) is 11.9 Å². The molecule has 0 saturated carbocycles. The summed E-state index contributed by atoms with van der Waals surface area (Å²) in [5.74, 6) is -0.0622. The zero-order valence-electron chi connectivity index (χ0n) is 12.9. The van der Waals surface area contributed by atoms with E-state index < -0.39 is 5.97 Å². The van der Waals surface area contributed by atoms with Crippen molar-refractivity contribution in [3.63, 3.8) is 0 Å². The SMILES string of the molecule is CCSC1C(C)=NC(C)=C(C(=O)O)C1c1ccc(C)cc1. The number of hydrogen-bond acceptors (Lipinski definition) is 3. The van der Waals surface area contributed by atoms with Crippen molar-refractivity contribution in [2.75, 3.05) is 5.75 Å². The quantitative estimate of drug-likeness (QED) is 0.913. The average molecular weight is 303 g/mol. The molecule has 21 heavy (non-hydrogen) atoms. The van der Waals surface area contributed by atoms with Gasteiger partial charge in [-0.3, -0.25) is 4.99 Å². The maximum Gasteiger partial charge on any atom is 0.334 e. The second kappa shape index (κ2) is 6.48. The number of carbonyl (C=O) groups is 1. The highest BCUT2D eigenvalue weighted by Crippen LogP contribution is 2.40. The number of allylic oxidation sites excluding steroid dienone is 1. The van der Waals surface area contributed by atoms with Crippen LogP contribution in [-0.4, -0.2) is 27.8 Å². The van der Waals surface area contributed by atoms with Crippen LogP contribution in [0.4, 0.5) is 0 Å². The van der Waals surface area contributed by atoms with Crippen LogP contribution in [0.2, 0.25) is 0 Å². The highest BCUT2D eigenvalue weighted by atomic mass is 32.2. The van der Waals surface area contributed by atoms with Gasteiger partial charge in [-0.25, -0.2) is 4.79 Å². The molecule has 0 fully saturated rings. The predicted molar refractivity (Wildman–Crippen MR) is 89.3 cm³/mol. The zero-order valence-corrected chi connectivity index (χ0v) is 13.7. The molecule has 0 aromatic heterocycles. The van der Waals surface area contributed by atoms with Crippen molar-refractivity contribution in [1.29, 1.82) is 0 Å². The molecule has 1 aromatic rings. The largest absolute Gasteiger partial charge is 0.478 e. The third-order valence-electron chi connectivity index (χ3n) is 3.77. The van der Waals surface area contributed by atoms with Gasteiger partial charge in [-0.15, -0.1) is 0 Å². The fraction of sp³-hybridized carbons (Fsp3) is 0.412. The first-order valence-electron chi connectivity index (χ1n) is 7.13. The van der Waals surface area contributed by atoms with E-state index in [1.165, 1.54) is 5.56 Å². The van der Waals surface area contributed by atoms with Crippen molar-refractivity contribution in [3.05, 3.63) is 46.7 Å². The van der Waals surface area contributed by atoms with Crippen LogP contribution in [0.15, 0.2) is 40.5 Å². The normalized spacial score (nSPS) is 22.2. The molecule has 1 aliphatic heterocycles. The number of rotatable bonds is 4. The molecule has 0 radical (unpaired) electrons. The van der Waals surface area contributed by atoms with E-state index in [9.17, 15) is 9.90 Å². The lowest BCUT2D eigenvalue weighted by Crippen LogP contribution is -2.31. The molecule has 4 heteroatoms. The van der Waals surface area contributed by atoms with Crippen LogP contribution in [0.25, 0.3) is 0 Å². The highest BCUT2D eigenvalue weighted by Gasteiger charge is 2.36. The Morgan fingerprint density at radius 3 is 2.38 bits per heavy atom. The molecule has 2 unspecified atom stereocenters. The number of hydrogen-bond donors (Lipinski definition) is 1. The Kier molecular flexibility index (Phi) is 4.88. The van der Waals surface area contributed by atoms with Crippen LogP contribution in [0.1, 0.15) is 37.8 Å². The Morgan fingerprint density at radius 1 is 1.24 bits per heavy atom. The number of nitrogens with zero attached hydrogens (tertiary/aromatic N) is 1. The van der Waals surface area contributed by atoms with Crippen molar-refractivity contribution in [2.45, 2.75) is 38.9 Å². The first-order valence-corrected chi connectivity index (χ1v) is 8.18. The lowest BCUT2D eigenvalue weighted by Gasteiger charge is -2.31. The van der Waals surface area contributed by atoms with Gasteiger partial charge in [0.15, 0.2) is 0 Å². The second-order valence-corrected chi connectivity index (χ2v) is 6.74. The molecule has 1 N–H and O–H groups in total. The van der Waals surface area contributed by atoms with Crippen LogP contribution in [0, 0.1) is 6.92 Å². The summed E-state index contributed by atoms with van der Waals surface area (Å²) < 4.78 is 0. The maximum atomic E-state index is 11.7. The van der Waals surface area contributed by atoms with Gasteiger partial charge in [-0.2, -0.15) is 11.8 Å². The van der Waals surface area contributed by atoms with Crippen molar-refractivity contribution in [1.82, 2.24) is 0 Å². The molecular formula is C17H21NO2S. The molecule has 0 spiro atoms. The highest BCUT2D eigenvalue weighted by molar-refractivity contribution is 8.00. The monoisotopic (exact) mass is 303 g/mol. The van der Waals surface area contributed by atoms with Crippen molar-refractivity contribution in [3.8, 4) is 0 Å². The molecule has 112 valence electrons. The molecule has 1 heterocycles. The van der Waals surface area contributed by atoms with Gasteiger partial charge in [0, 0.05) is 17.3 Å². The molecule has 0 aliphatic carbocycles. The van der Waals surface area contributed by atoms with Crippen molar-refractivity contribution >= 4 is 23.4 Å². The average Bonchev–Trinajstić information content (AvgIpc) is 2.42. The number of aliphatic imine (C=N–C) groups is 1. The van der Waals surface area contributed by atoms with E-state index in [1.807, 2.05) is 38.1 Å². The fourth-order valence-electron chi connectivity index (χ4n) is 2.81. The fourth-order valence-corrected chi connectivity index (χ4v) is 3.94. The summed E-state index contributed by atoms with van der Waals surface area (Å²) in [5.41, 5.74) is 4.29. The molecule has 1 aromatic carbocycles. The van der Waals surface area contributed by atoms with E-state index >= 15 is 0 Å². The minimum absolute atomic E-state index is 0.0903. The Labute approximate surface area is 130 Å². The molecule has 2 atom stereocenters. The van der Waals surface area contributed by atoms with Gasteiger partial charge in [0.1, 0.15) is 0 Å². The summed E-state index contributed by atoms with van der Waals surface area (Å²) in [6, 6.07) is 8.16. The van der Waals surface area contributed by atoms with E-state index in [0.717, 1.165) is 17.0 Å². The summed E-state index contributed by atoms with van der Waals surface area (Å²) in [6.45, 7) is 7.92. The van der Waals surface area contributed by atoms with Gasteiger partial charge in [0.05, 0.1) is 10.8 Å². The minimum Gasteiger partial charge on any atom is -0.478 e. The lowest BCUT2D eigenvalue weighted by atomic mass is 9.83. The van der Waals surface area contributed by atoms with E-state index in [4.69, 9.17) is 0 Å². The van der Waals surface area contributed by atoms with Crippen molar-refractivity contribution < 1.29 is 9.90 Å². The number of benzene rings is 1. The molecule has 3 nitrogen and oxygen atoms in total. The Morgan fingerprint density at radius 2 is 1.86 bits per heavy atom. The van der Waals surface area contributed by atoms with Crippen LogP contribution >= 0.6 is 11.8 Å². The first-order chi connectivity index (χ1) is 9.95. The van der Waals surface area contributed by atoms with Gasteiger partial charge in [0.2, 0.25) is 0 Å². The third-order valence-corrected chi connectivity index (χ3v) is 5.08.